The van der Waals surface area contributed by atoms with E-state index < -0.39 is 0 Å². The van der Waals surface area contributed by atoms with Crippen LogP contribution in [-0.4, -0.2) is 68.9 Å². The fourth-order valence-corrected chi connectivity index (χ4v) is 3.90. The maximum atomic E-state index is 6.44. The molecule has 0 saturated carbocycles. The van der Waals surface area contributed by atoms with Crippen molar-refractivity contribution in [2.24, 2.45) is 0 Å². The Morgan fingerprint density at radius 3 is 1.55 bits per heavy atom. The van der Waals surface area contributed by atoms with E-state index in [1.807, 2.05) is 0 Å². The Kier molecular flexibility index (Phi) is 16.9. The molecule has 5 atom stereocenters. The van der Waals surface area contributed by atoms with Gasteiger partial charge in [0.15, 0.2) is 0 Å². The van der Waals surface area contributed by atoms with Crippen molar-refractivity contribution >= 4 is 15.9 Å². The average Bonchev–Trinajstić information content (AvgIpc) is 2.73. The van der Waals surface area contributed by atoms with Gasteiger partial charge in [-0.1, -0.05) is 69.3 Å². The summed E-state index contributed by atoms with van der Waals surface area (Å²) in [5.74, 6) is 0. The third-order valence-corrected chi connectivity index (χ3v) is 5.87. The van der Waals surface area contributed by atoms with Crippen molar-refractivity contribution in [2.75, 3.05) is 38.4 Å². The number of rotatable bonds is 18. The number of hydrogen-bond donors (Lipinski definition) is 0. The first-order valence-corrected chi connectivity index (χ1v) is 13.0. The van der Waals surface area contributed by atoms with E-state index >= 15 is 0 Å². The maximum absolute atomic E-state index is 6.44. The summed E-state index contributed by atoms with van der Waals surface area (Å²) >= 11 is 3.63. The van der Waals surface area contributed by atoms with Crippen molar-refractivity contribution in [3.63, 3.8) is 0 Å². The van der Waals surface area contributed by atoms with Crippen LogP contribution in [0.1, 0.15) is 79.1 Å². The lowest BCUT2D eigenvalue weighted by molar-refractivity contribution is -0.261. The van der Waals surface area contributed by atoms with E-state index in [1.54, 1.807) is 0 Å². The first-order chi connectivity index (χ1) is 14.2. The van der Waals surface area contributed by atoms with Crippen LogP contribution in [0.3, 0.4) is 0 Å². The monoisotopic (exact) mass is 480 g/mol. The van der Waals surface area contributed by atoms with Crippen molar-refractivity contribution in [1.29, 1.82) is 0 Å². The second-order valence-corrected chi connectivity index (χ2v) is 8.51. The molecule has 0 aromatic heterocycles. The van der Waals surface area contributed by atoms with Gasteiger partial charge >= 0.3 is 0 Å². The molecule has 29 heavy (non-hydrogen) atoms. The fraction of sp³-hybridized carbons (Fsp3) is 1.00. The molecule has 5 nitrogen and oxygen atoms in total. The number of hydrogen-bond acceptors (Lipinski definition) is 5. The van der Waals surface area contributed by atoms with Gasteiger partial charge in [0.2, 0.25) is 0 Å². The maximum Gasteiger partial charge on any atom is 0.115 e. The number of alkyl halides is 1. The molecule has 0 aromatic rings. The minimum Gasteiger partial charge on any atom is -0.379 e. The Morgan fingerprint density at radius 1 is 0.621 bits per heavy atom. The van der Waals surface area contributed by atoms with E-state index in [0.29, 0.717) is 18.5 Å². The van der Waals surface area contributed by atoms with Crippen LogP contribution in [0.25, 0.3) is 0 Å². The fourth-order valence-electron chi connectivity index (χ4n) is 3.38. The average molecular weight is 482 g/mol. The van der Waals surface area contributed by atoms with Crippen LogP contribution in [0.15, 0.2) is 0 Å². The highest BCUT2D eigenvalue weighted by atomic mass is 79.9. The van der Waals surface area contributed by atoms with E-state index in [9.17, 15) is 0 Å². The molecule has 1 saturated heterocycles. The summed E-state index contributed by atoms with van der Waals surface area (Å²) in [7, 11) is 0. The van der Waals surface area contributed by atoms with Gasteiger partial charge in [0, 0.05) is 31.8 Å². The lowest BCUT2D eigenvalue weighted by Gasteiger charge is -2.46. The molecule has 1 heterocycles. The summed E-state index contributed by atoms with van der Waals surface area (Å²) in [6, 6.07) is 0. The molecule has 0 radical (unpaired) electrons. The van der Waals surface area contributed by atoms with Crippen LogP contribution in [0.2, 0.25) is 0 Å². The molecule has 0 bridgehead atoms. The zero-order valence-corrected chi connectivity index (χ0v) is 20.8. The van der Waals surface area contributed by atoms with E-state index in [-0.39, 0.29) is 30.5 Å². The zero-order valence-electron chi connectivity index (χ0n) is 19.2. The van der Waals surface area contributed by atoms with Crippen LogP contribution in [0.5, 0.6) is 0 Å². The highest BCUT2D eigenvalue weighted by molar-refractivity contribution is 9.09. The van der Waals surface area contributed by atoms with Crippen LogP contribution < -0.4 is 0 Å². The van der Waals surface area contributed by atoms with Gasteiger partial charge in [-0.3, -0.25) is 0 Å². The van der Waals surface area contributed by atoms with Gasteiger partial charge in [0.05, 0.1) is 12.7 Å². The Labute approximate surface area is 187 Å². The molecule has 1 aliphatic heterocycles. The van der Waals surface area contributed by atoms with E-state index in [0.717, 1.165) is 71.2 Å². The summed E-state index contributed by atoms with van der Waals surface area (Å²) in [6.07, 6.45) is 8.00. The van der Waals surface area contributed by atoms with Crippen LogP contribution in [0, 0.1) is 0 Å². The molecular weight excluding hydrogens is 436 g/mol. The lowest BCUT2D eigenvalue weighted by atomic mass is 9.95. The Balaban J connectivity index is 2.92. The lowest BCUT2D eigenvalue weighted by Crippen LogP contribution is -2.62. The van der Waals surface area contributed by atoms with E-state index in [4.69, 9.17) is 23.7 Å². The molecule has 0 aromatic carbocycles. The standard InChI is InChI=1S/C23H45BrO5/c1-5-9-13-25-18-20-22(27-15-11-7-3)23(28-16-12-8-4)21(19(17-24)29-20)26-14-10-6-2/h19-23H,5-18H2,1-4H3/t19-,20+,21-,22+,23+/m0/s1. The minimum atomic E-state index is -0.165. The van der Waals surface area contributed by atoms with Crippen LogP contribution >= 0.6 is 15.9 Å². The molecule has 6 heteroatoms. The van der Waals surface area contributed by atoms with Crippen LogP contribution in [0.4, 0.5) is 0 Å². The molecule has 0 aliphatic carbocycles. The van der Waals surface area contributed by atoms with Crippen molar-refractivity contribution < 1.29 is 23.7 Å². The molecule has 1 fully saturated rings. The van der Waals surface area contributed by atoms with Gasteiger partial charge in [-0.05, 0) is 25.7 Å². The Hall–Kier alpha value is 0.280. The number of ether oxygens (including phenoxy) is 5. The second kappa shape index (κ2) is 17.9. The first-order valence-electron chi connectivity index (χ1n) is 11.9. The number of unbranched alkanes of at least 4 members (excludes halogenated alkanes) is 4. The van der Waals surface area contributed by atoms with Crippen molar-refractivity contribution in [3.8, 4) is 0 Å². The molecule has 1 rings (SSSR count). The molecule has 0 unspecified atom stereocenters. The van der Waals surface area contributed by atoms with Gasteiger partial charge in [-0.25, -0.2) is 0 Å². The number of halogens is 1. The Bertz CT molecular complexity index is 371. The third kappa shape index (κ3) is 10.4. The second-order valence-electron chi connectivity index (χ2n) is 7.86. The van der Waals surface area contributed by atoms with Crippen molar-refractivity contribution in [2.45, 2.75) is 110 Å². The van der Waals surface area contributed by atoms with Crippen molar-refractivity contribution in [3.05, 3.63) is 0 Å². The largest absolute Gasteiger partial charge is 0.379 e. The smallest absolute Gasteiger partial charge is 0.115 e. The predicted molar refractivity (Wildman–Crippen MR) is 122 cm³/mol. The summed E-state index contributed by atoms with van der Waals surface area (Å²) in [5, 5.41) is 0.713. The highest BCUT2D eigenvalue weighted by Gasteiger charge is 2.47. The zero-order chi connectivity index (χ0) is 21.3. The van der Waals surface area contributed by atoms with Gasteiger partial charge in [-0.2, -0.15) is 0 Å². The normalized spacial score (nSPS) is 27.4. The molecule has 0 amide bonds. The first kappa shape index (κ1) is 27.3. The highest BCUT2D eigenvalue weighted by Crippen LogP contribution is 2.30. The van der Waals surface area contributed by atoms with Crippen LogP contribution in [-0.2, 0) is 23.7 Å². The van der Waals surface area contributed by atoms with E-state index in [2.05, 4.69) is 43.6 Å². The molecular formula is C23H45BrO5. The molecule has 174 valence electrons. The summed E-state index contributed by atoms with van der Waals surface area (Å²) < 4.78 is 31.4. The third-order valence-electron chi connectivity index (χ3n) is 5.23. The molecule has 0 N–H and O–H groups in total. The molecule has 1 aliphatic rings. The van der Waals surface area contributed by atoms with Gasteiger partial charge < -0.3 is 23.7 Å². The summed E-state index contributed by atoms with van der Waals surface area (Å²) in [5.41, 5.74) is 0. The van der Waals surface area contributed by atoms with Gasteiger partial charge in [0.1, 0.15) is 24.4 Å². The van der Waals surface area contributed by atoms with Gasteiger partial charge in [0.25, 0.3) is 0 Å². The van der Waals surface area contributed by atoms with E-state index in [1.165, 1.54) is 0 Å². The molecule has 0 spiro atoms. The Morgan fingerprint density at radius 2 is 1.07 bits per heavy atom. The SMILES string of the molecule is CCCCOC[C@H]1O[C@@H](CBr)[C@H](OCCCC)[C@@H](OCCCC)[C@@H]1OCCCC. The summed E-state index contributed by atoms with van der Waals surface area (Å²) in [4.78, 5) is 0. The van der Waals surface area contributed by atoms with Crippen molar-refractivity contribution in [1.82, 2.24) is 0 Å². The quantitative estimate of drug-likeness (QED) is 0.191. The predicted octanol–water partition coefficient (Wildman–Crippen LogP) is 5.52. The topological polar surface area (TPSA) is 46.2 Å². The summed E-state index contributed by atoms with van der Waals surface area (Å²) in [6.45, 7) is 12.2. The minimum absolute atomic E-state index is 0.0655. The van der Waals surface area contributed by atoms with Gasteiger partial charge in [-0.15, -0.1) is 0 Å².